The Balaban J connectivity index is 1.80. The van der Waals surface area contributed by atoms with E-state index in [-0.39, 0.29) is 11.3 Å². The van der Waals surface area contributed by atoms with Crippen LogP contribution in [0.3, 0.4) is 0 Å². The van der Waals surface area contributed by atoms with Crippen molar-refractivity contribution in [2.75, 3.05) is 5.32 Å². The minimum atomic E-state index is -1.01. The van der Waals surface area contributed by atoms with Gasteiger partial charge in [0.15, 0.2) is 0 Å². The van der Waals surface area contributed by atoms with Crippen LogP contribution in [-0.2, 0) is 16.0 Å². The smallest absolute Gasteiger partial charge is 0.264 e. The van der Waals surface area contributed by atoms with Gasteiger partial charge in [-0.25, -0.2) is 0 Å². The minimum absolute atomic E-state index is 0.229. The van der Waals surface area contributed by atoms with Gasteiger partial charge >= 0.3 is 0 Å². The van der Waals surface area contributed by atoms with Crippen LogP contribution in [0.1, 0.15) is 37.8 Å². The summed E-state index contributed by atoms with van der Waals surface area (Å²) in [6, 6.07) is 17.0. The van der Waals surface area contributed by atoms with E-state index >= 15 is 0 Å². The van der Waals surface area contributed by atoms with Gasteiger partial charge in [-0.2, -0.15) is 0 Å². The van der Waals surface area contributed by atoms with Crippen molar-refractivity contribution in [1.82, 2.24) is 5.32 Å². The van der Waals surface area contributed by atoms with Crippen LogP contribution < -0.4 is 10.6 Å². The van der Waals surface area contributed by atoms with Gasteiger partial charge in [0, 0.05) is 12.1 Å². The molecule has 2 aromatic carbocycles. The van der Waals surface area contributed by atoms with E-state index in [9.17, 15) is 14.7 Å². The number of aliphatic hydroxyl groups excluding tert-OH is 1. The molecule has 1 aliphatic rings. The molecule has 0 aromatic heterocycles. The van der Waals surface area contributed by atoms with Gasteiger partial charge in [0.2, 0.25) is 0 Å². The summed E-state index contributed by atoms with van der Waals surface area (Å²) >= 11 is 0. The lowest BCUT2D eigenvalue weighted by Gasteiger charge is -2.24. The molecule has 5 heteroatoms. The number of anilines is 1. The molecule has 0 fully saturated rings. The molecule has 1 heterocycles. The highest BCUT2D eigenvalue weighted by Gasteiger charge is 2.44. The summed E-state index contributed by atoms with van der Waals surface area (Å²) in [5.74, 6) is -1.02. The number of benzene rings is 2. The predicted molar refractivity (Wildman–Crippen MR) is 106 cm³/mol. The molecule has 140 valence electrons. The highest BCUT2D eigenvalue weighted by Crippen LogP contribution is 2.29. The third-order valence-electron chi connectivity index (χ3n) is 4.84. The van der Waals surface area contributed by atoms with Gasteiger partial charge < -0.3 is 15.7 Å². The van der Waals surface area contributed by atoms with Crippen molar-refractivity contribution in [3.8, 4) is 0 Å². The number of hydrogen-bond donors (Lipinski definition) is 3. The Morgan fingerprint density at radius 3 is 2.33 bits per heavy atom. The van der Waals surface area contributed by atoms with Crippen LogP contribution in [0, 0.1) is 0 Å². The van der Waals surface area contributed by atoms with Crippen LogP contribution in [0.5, 0.6) is 0 Å². The SMILES string of the molecule is CC(C)c1ccc(NC(=O)C2=C(O)C(C)(Cc3ccccc3)NC2=O)cc1. The van der Waals surface area contributed by atoms with Gasteiger partial charge in [-0.1, -0.05) is 56.3 Å². The fourth-order valence-corrected chi connectivity index (χ4v) is 3.24. The Hall–Kier alpha value is -3.08. The first-order valence-electron chi connectivity index (χ1n) is 9.01. The number of carbonyl (C=O) groups is 2. The van der Waals surface area contributed by atoms with Crippen molar-refractivity contribution in [3.05, 3.63) is 77.1 Å². The Morgan fingerprint density at radius 1 is 1.11 bits per heavy atom. The Labute approximate surface area is 159 Å². The topological polar surface area (TPSA) is 78.4 Å². The molecule has 0 aliphatic carbocycles. The van der Waals surface area contributed by atoms with E-state index in [2.05, 4.69) is 24.5 Å². The molecule has 1 unspecified atom stereocenters. The predicted octanol–water partition coefficient (Wildman–Crippen LogP) is 3.69. The van der Waals surface area contributed by atoms with Gasteiger partial charge in [-0.05, 0) is 36.1 Å². The highest BCUT2D eigenvalue weighted by atomic mass is 16.3. The first kappa shape index (κ1) is 18.7. The largest absolute Gasteiger partial charge is 0.509 e. The fourth-order valence-electron chi connectivity index (χ4n) is 3.24. The van der Waals surface area contributed by atoms with E-state index in [4.69, 9.17) is 0 Å². The van der Waals surface area contributed by atoms with Crippen molar-refractivity contribution in [1.29, 1.82) is 0 Å². The highest BCUT2D eigenvalue weighted by molar-refractivity contribution is 6.24. The molecule has 2 amide bonds. The zero-order valence-electron chi connectivity index (χ0n) is 15.7. The summed E-state index contributed by atoms with van der Waals surface area (Å²) in [5, 5.41) is 16.1. The lowest BCUT2D eigenvalue weighted by molar-refractivity contribution is -0.121. The van der Waals surface area contributed by atoms with Crippen molar-refractivity contribution in [2.24, 2.45) is 0 Å². The quantitative estimate of drug-likeness (QED) is 0.708. The van der Waals surface area contributed by atoms with Gasteiger partial charge in [-0.15, -0.1) is 0 Å². The molecule has 1 atom stereocenters. The van der Waals surface area contributed by atoms with E-state index in [1.807, 2.05) is 42.5 Å². The zero-order valence-corrected chi connectivity index (χ0v) is 15.7. The standard InChI is InChI=1S/C22H24N2O3/c1-14(2)16-9-11-17(12-10-16)23-20(26)18-19(25)22(3,24-21(18)27)13-15-7-5-4-6-8-15/h4-12,14,25H,13H2,1-3H3,(H,23,26)(H,24,27). The summed E-state index contributed by atoms with van der Waals surface area (Å²) in [5.41, 5.74) is 1.45. The summed E-state index contributed by atoms with van der Waals surface area (Å²) in [4.78, 5) is 25.0. The molecule has 0 bridgehead atoms. The molecule has 27 heavy (non-hydrogen) atoms. The van der Waals surface area contributed by atoms with Crippen LogP contribution in [0.2, 0.25) is 0 Å². The first-order valence-corrected chi connectivity index (χ1v) is 9.01. The number of nitrogens with one attached hydrogen (secondary N) is 2. The molecule has 3 N–H and O–H groups in total. The zero-order chi connectivity index (χ0) is 19.6. The van der Waals surface area contributed by atoms with Gasteiger partial charge in [0.1, 0.15) is 11.3 Å². The monoisotopic (exact) mass is 364 g/mol. The molecule has 0 spiro atoms. The lowest BCUT2D eigenvalue weighted by atomic mass is 9.91. The van der Waals surface area contributed by atoms with Crippen molar-refractivity contribution in [3.63, 3.8) is 0 Å². The van der Waals surface area contributed by atoms with Crippen molar-refractivity contribution < 1.29 is 14.7 Å². The van der Waals surface area contributed by atoms with Gasteiger partial charge in [0.05, 0.1) is 5.54 Å². The Kier molecular flexibility index (Phi) is 5.04. The van der Waals surface area contributed by atoms with Crippen molar-refractivity contribution >= 4 is 17.5 Å². The second-order valence-electron chi connectivity index (χ2n) is 7.40. The molecule has 5 nitrogen and oxygen atoms in total. The Bertz CT molecular complexity index is 886. The number of rotatable bonds is 5. The van der Waals surface area contributed by atoms with E-state index in [1.165, 1.54) is 0 Å². The summed E-state index contributed by atoms with van der Waals surface area (Å²) in [7, 11) is 0. The number of hydrogen-bond acceptors (Lipinski definition) is 3. The second kappa shape index (κ2) is 7.27. The number of aliphatic hydroxyl groups is 1. The van der Waals surface area contributed by atoms with Crippen molar-refractivity contribution in [2.45, 2.75) is 38.6 Å². The molecule has 1 aliphatic heterocycles. The van der Waals surface area contributed by atoms with E-state index in [1.54, 1.807) is 19.1 Å². The number of carbonyl (C=O) groups excluding carboxylic acids is 2. The normalized spacial score (nSPS) is 19.3. The van der Waals surface area contributed by atoms with Crippen LogP contribution >= 0.6 is 0 Å². The average molecular weight is 364 g/mol. The van der Waals surface area contributed by atoms with Crippen LogP contribution in [0.25, 0.3) is 0 Å². The third-order valence-corrected chi connectivity index (χ3v) is 4.84. The number of amides is 2. The average Bonchev–Trinajstić information content (AvgIpc) is 2.84. The lowest BCUT2D eigenvalue weighted by Crippen LogP contribution is -2.43. The maximum atomic E-state index is 12.6. The Morgan fingerprint density at radius 2 is 1.74 bits per heavy atom. The minimum Gasteiger partial charge on any atom is -0.509 e. The van der Waals surface area contributed by atoms with E-state index in [0.29, 0.717) is 18.0 Å². The van der Waals surface area contributed by atoms with Gasteiger partial charge in [0.25, 0.3) is 11.8 Å². The van der Waals surface area contributed by atoms with E-state index < -0.39 is 17.4 Å². The third kappa shape index (κ3) is 3.87. The van der Waals surface area contributed by atoms with Gasteiger partial charge in [-0.3, -0.25) is 9.59 Å². The summed E-state index contributed by atoms with van der Waals surface area (Å²) in [6.07, 6.45) is 0.394. The maximum Gasteiger partial charge on any atom is 0.264 e. The van der Waals surface area contributed by atoms with E-state index in [0.717, 1.165) is 11.1 Å². The maximum absolute atomic E-state index is 12.6. The van der Waals surface area contributed by atoms with Crippen LogP contribution in [0.4, 0.5) is 5.69 Å². The van der Waals surface area contributed by atoms with Crippen LogP contribution in [0.15, 0.2) is 65.9 Å². The second-order valence-corrected chi connectivity index (χ2v) is 7.40. The molecule has 2 aromatic rings. The first-order chi connectivity index (χ1) is 12.8. The summed E-state index contributed by atoms with van der Waals surface area (Å²) < 4.78 is 0. The molecular weight excluding hydrogens is 340 g/mol. The summed E-state index contributed by atoms with van der Waals surface area (Å²) in [6.45, 7) is 5.89. The molecule has 0 radical (unpaired) electrons. The van der Waals surface area contributed by atoms with Crippen LogP contribution in [-0.4, -0.2) is 22.5 Å². The molecule has 0 saturated heterocycles. The molecule has 3 rings (SSSR count). The molecular formula is C22H24N2O3. The fraction of sp³-hybridized carbons (Fsp3) is 0.273. The molecule has 0 saturated carbocycles.